The van der Waals surface area contributed by atoms with Crippen molar-refractivity contribution in [2.45, 2.75) is 159 Å². The molecular weight excluding hydrogens is 1190 g/mol. The van der Waals surface area contributed by atoms with Crippen molar-refractivity contribution in [3.05, 3.63) is 121 Å². The molecule has 7 amide bonds. The van der Waals surface area contributed by atoms with Crippen molar-refractivity contribution in [3.8, 4) is 22.5 Å². The summed E-state index contributed by atoms with van der Waals surface area (Å²) in [6.45, 7) is 6.41. The molecule has 0 spiro atoms. The summed E-state index contributed by atoms with van der Waals surface area (Å²) in [6, 6.07) is 13.1. The first-order chi connectivity index (χ1) is 43.2. The van der Waals surface area contributed by atoms with Crippen LogP contribution in [0.15, 0.2) is 65.5 Å². The van der Waals surface area contributed by atoms with Crippen molar-refractivity contribution in [1.29, 1.82) is 0 Å². The van der Waals surface area contributed by atoms with E-state index in [4.69, 9.17) is 29.7 Å². The van der Waals surface area contributed by atoms with Gasteiger partial charge in [0.15, 0.2) is 5.60 Å². The van der Waals surface area contributed by atoms with Crippen molar-refractivity contribution in [2.24, 2.45) is 11.7 Å². The van der Waals surface area contributed by atoms with Gasteiger partial charge in [0, 0.05) is 41.5 Å². The third kappa shape index (κ3) is 12.9. The summed E-state index contributed by atoms with van der Waals surface area (Å²) >= 11 is 0. The second-order valence-electron chi connectivity index (χ2n) is 24.3. The number of aryl methyl sites for hydroxylation is 1. The molecule has 3 aliphatic heterocycles. The molecule has 0 radical (unpaired) electrons. The number of cyclic esters (lactones) is 1. The Kier molecular flexibility index (Phi) is 18.8. The monoisotopic (exact) mass is 1260 g/mol. The smallest absolute Gasteiger partial charge is 0.407 e. The summed E-state index contributed by atoms with van der Waals surface area (Å²) in [5.41, 5.74) is 6.57. The Balaban J connectivity index is 0.754. The number of halogens is 2. The summed E-state index contributed by atoms with van der Waals surface area (Å²) in [4.78, 5) is 125. The summed E-state index contributed by atoms with van der Waals surface area (Å²) in [5.74, 6) is -7.45. The molecule has 11 N–H and O–H groups in total. The van der Waals surface area contributed by atoms with Crippen LogP contribution in [0.1, 0.15) is 123 Å². The van der Waals surface area contributed by atoms with E-state index in [2.05, 4.69) is 31.9 Å². The Morgan fingerprint density at radius 3 is 2.25 bits per heavy atom. The van der Waals surface area contributed by atoms with Gasteiger partial charge < -0.3 is 76.5 Å². The Labute approximate surface area is 520 Å². The van der Waals surface area contributed by atoms with Gasteiger partial charge in [0.25, 0.3) is 11.5 Å². The number of ether oxygens (including phenoxy) is 4. The maximum absolute atomic E-state index is 16.5. The first-order valence-corrected chi connectivity index (χ1v) is 30.2. The number of amides is 7. The molecule has 91 heavy (non-hydrogen) atoms. The number of hydrogen-bond donors (Lipinski definition) is 10. The predicted octanol–water partition coefficient (Wildman–Crippen LogP) is 2.26. The van der Waals surface area contributed by atoms with Crippen LogP contribution in [0.5, 0.6) is 0 Å². The molecule has 5 heterocycles. The van der Waals surface area contributed by atoms with Crippen molar-refractivity contribution >= 4 is 58.4 Å². The van der Waals surface area contributed by atoms with Crippen molar-refractivity contribution in [2.75, 3.05) is 26.5 Å². The predicted molar refractivity (Wildman–Crippen MR) is 320 cm³/mol. The maximum atomic E-state index is 16.5. The number of aliphatic hydroxyl groups is 3. The van der Waals surface area contributed by atoms with Gasteiger partial charge in [0.2, 0.25) is 35.2 Å². The molecule has 10 rings (SSSR count). The van der Waals surface area contributed by atoms with Gasteiger partial charge in [-0.25, -0.2) is 23.4 Å². The number of esters is 1. The fourth-order valence-electron chi connectivity index (χ4n) is 12.7. The molecule has 27 heteroatoms. The van der Waals surface area contributed by atoms with Gasteiger partial charge in [-0.05, 0) is 97.4 Å². The number of carbonyl (C=O) groups is 8. The number of hydrogen-bond acceptors (Lipinski definition) is 17. The quantitative estimate of drug-likeness (QED) is 0.0250. The molecule has 0 saturated carbocycles. The van der Waals surface area contributed by atoms with E-state index >= 15 is 8.78 Å². The van der Waals surface area contributed by atoms with Crippen LogP contribution in [0, 0.1) is 18.7 Å². The lowest BCUT2D eigenvalue weighted by Crippen LogP contribution is -2.58. The highest BCUT2D eigenvalue weighted by atomic mass is 19.1. The first kappa shape index (κ1) is 65.2. The fraction of sp³-hybridized carbons (Fsp3) is 0.469. The Morgan fingerprint density at radius 1 is 0.901 bits per heavy atom. The van der Waals surface area contributed by atoms with Crippen LogP contribution in [-0.2, 0) is 77.7 Å². The molecule has 10 atom stereocenters. The number of benzene rings is 3. The van der Waals surface area contributed by atoms with Gasteiger partial charge in [-0.1, -0.05) is 69.3 Å². The molecular formula is C64H73F2N9O16. The minimum absolute atomic E-state index is 0.0487. The number of pyridine rings is 2. The summed E-state index contributed by atoms with van der Waals surface area (Å²) < 4.78 is 55.4. The number of alkyl halides is 1. The third-order valence-electron chi connectivity index (χ3n) is 17.9. The molecule has 0 unspecified atom stereocenters. The van der Waals surface area contributed by atoms with E-state index in [0.717, 1.165) is 29.2 Å². The van der Waals surface area contributed by atoms with Gasteiger partial charge in [-0.15, -0.1) is 0 Å². The van der Waals surface area contributed by atoms with Crippen molar-refractivity contribution < 1.29 is 81.4 Å². The number of carbonyl (C=O) groups excluding carboxylic acids is 8. The van der Waals surface area contributed by atoms with E-state index < -0.39 is 144 Å². The van der Waals surface area contributed by atoms with E-state index in [9.17, 15) is 58.5 Å². The van der Waals surface area contributed by atoms with Crippen LogP contribution in [0.4, 0.5) is 13.6 Å². The zero-order valence-corrected chi connectivity index (χ0v) is 50.9. The Bertz CT molecular complexity index is 3800. The van der Waals surface area contributed by atoms with Crippen LogP contribution in [0.2, 0.25) is 0 Å². The standard InChI is InChI=1S/C64H73F2N9O16/c1-7-64(87)40-20-45-53-37(24-75(45)59(83)39(40)26-89-61(64)85)51-42(17-16-32-30(4)41(65)21-44(71-53)50(32)51)72-60(84)63(6,66)27-88-28-69-56(80)31(5)70-58(82)52(29(2)3)74-57(81)43(18-19-49(77)68-23-47-55(79)54(78)46(91-47)22-48(67)76)73-62(86)90-25-38-35-14-10-8-12-33(35)34-13-9-11-15-36(34)38/h8-15,20-21,29,31,38,42-43,46-47,52,54-55,78-79,87H,7,16-19,22-28H2,1-6H3,(H2,67,76)(H,68,77)(H,69,80)(H,70,82)(H,72,84)(H,73,86)(H,74,81)/t31-,42-,43-,46-,47+,52-,54-,55+,63+,64-/m0/s1. The van der Waals surface area contributed by atoms with Crippen LogP contribution < -0.4 is 43.2 Å². The van der Waals surface area contributed by atoms with E-state index in [1.165, 1.54) is 23.6 Å². The normalized spacial score (nSPS) is 21.8. The lowest BCUT2D eigenvalue weighted by Gasteiger charge is -2.31. The fourth-order valence-corrected chi connectivity index (χ4v) is 12.7. The van der Waals surface area contributed by atoms with Gasteiger partial charge in [0.05, 0.1) is 54.2 Å². The van der Waals surface area contributed by atoms with E-state index in [-0.39, 0.29) is 92.4 Å². The summed E-state index contributed by atoms with van der Waals surface area (Å²) in [7, 11) is 0. The summed E-state index contributed by atoms with van der Waals surface area (Å²) in [5, 5.41) is 48.3. The topological polar surface area (TPSA) is 367 Å². The highest BCUT2D eigenvalue weighted by molar-refractivity contribution is 5.96. The molecule has 5 aromatic rings. The second kappa shape index (κ2) is 26.2. The number of nitrogens with two attached hydrogens (primary N) is 1. The number of aliphatic hydroxyl groups excluding tert-OH is 2. The maximum Gasteiger partial charge on any atom is 0.407 e. The largest absolute Gasteiger partial charge is 0.458 e. The zero-order chi connectivity index (χ0) is 65.5. The lowest BCUT2D eigenvalue weighted by molar-refractivity contribution is -0.172. The van der Waals surface area contributed by atoms with Crippen LogP contribution >= 0.6 is 0 Å². The number of rotatable bonds is 23. The van der Waals surface area contributed by atoms with Gasteiger partial charge in [-0.3, -0.25) is 33.6 Å². The van der Waals surface area contributed by atoms with Gasteiger partial charge >= 0.3 is 12.1 Å². The molecule has 25 nitrogen and oxygen atoms in total. The molecule has 5 aliphatic rings. The van der Waals surface area contributed by atoms with Crippen molar-refractivity contribution in [1.82, 2.24) is 41.5 Å². The number of nitrogens with one attached hydrogen (secondary N) is 6. The first-order valence-electron chi connectivity index (χ1n) is 30.2. The van der Waals surface area contributed by atoms with Gasteiger partial charge in [-0.2, -0.15) is 0 Å². The van der Waals surface area contributed by atoms with Crippen molar-refractivity contribution in [3.63, 3.8) is 0 Å². The summed E-state index contributed by atoms with van der Waals surface area (Å²) in [6.07, 6.45) is -6.87. The average Bonchev–Trinajstić information content (AvgIpc) is 1.64. The molecule has 1 fully saturated rings. The molecule has 484 valence electrons. The number of aromatic nitrogens is 2. The molecule has 2 aromatic heterocycles. The molecule has 1 saturated heterocycles. The SMILES string of the molecule is CC[C@@]1(O)C(=O)OCc2c1cc1n(c2=O)Cc2c-1nc1cc(F)c(C)c3c1c2[C@@H](NC(=O)[C@](C)(F)COCNC(=O)[C@H](C)NC(=O)[C@@H](NC(=O)[C@H](CCC(=O)NC[C@H]1O[C@@H](CC(N)=O)[C@H](O)[C@@H]1O)NC(=O)OCC1c2ccccc2-c2ccccc21)C(C)C)CC3. The Morgan fingerprint density at radius 2 is 1.58 bits per heavy atom. The highest BCUT2D eigenvalue weighted by Gasteiger charge is 2.47. The van der Waals surface area contributed by atoms with Crippen LogP contribution in [0.25, 0.3) is 33.4 Å². The number of nitrogens with zero attached hydrogens (tertiary/aromatic N) is 2. The number of primary amides is 1. The molecule has 3 aromatic carbocycles. The third-order valence-corrected chi connectivity index (χ3v) is 17.9. The number of fused-ring (bicyclic) bond motifs is 8. The minimum atomic E-state index is -2.71. The van der Waals surface area contributed by atoms with E-state index in [1.54, 1.807) is 27.7 Å². The van der Waals surface area contributed by atoms with E-state index in [0.29, 0.717) is 27.6 Å². The average molecular weight is 1260 g/mol. The highest BCUT2D eigenvalue weighted by Crippen LogP contribution is 2.47. The Hall–Kier alpha value is -8.76. The molecule has 2 aliphatic carbocycles. The zero-order valence-electron chi connectivity index (χ0n) is 50.9. The second-order valence-corrected chi connectivity index (χ2v) is 24.3. The van der Waals surface area contributed by atoms with Crippen LogP contribution in [-0.4, -0.2) is 147 Å². The van der Waals surface area contributed by atoms with E-state index in [1.807, 2.05) is 48.5 Å². The van der Waals surface area contributed by atoms with Crippen LogP contribution in [0.3, 0.4) is 0 Å². The lowest BCUT2D eigenvalue weighted by atomic mass is 9.81. The molecule has 0 bridgehead atoms. The number of alkyl carbamates (subject to hydrolysis) is 1. The minimum Gasteiger partial charge on any atom is -0.458 e. The van der Waals surface area contributed by atoms with Gasteiger partial charge in [0.1, 0.15) is 62.2 Å².